The highest BCUT2D eigenvalue weighted by atomic mass is 35.5. The third kappa shape index (κ3) is 2.86. The minimum absolute atomic E-state index is 0.122. The third-order valence-electron chi connectivity index (χ3n) is 2.42. The van der Waals surface area contributed by atoms with Crippen LogP contribution in [0.15, 0.2) is 23.6 Å². The summed E-state index contributed by atoms with van der Waals surface area (Å²) in [6.07, 6.45) is 0. The van der Waals surface area contributed by atoms with Crippen molar-refractivity contribution in [3.8, 4) is 10.7 Å². The lowest BCUT2D eigenvalue weighted by molar-refractivity contribution is 0.946. The molecule has 0 spiro atoms. The van der Waals surface area contributed by atoms with Crippen LogP contribution in [0.5, 0.6) is 0 Å². The minimum atomic E-state index is 0.122. The van der Waals surface area contributed by atoms with E-state index in [-0.39, 0.29) is 11.1 Å². The van der Waals surface area contributed by atoms with E-state index >= 15 is 0 Å². The van der Waals surface area contributed by atoms with Gasteiger partial charge in [0.25, 0.3) is 0 Å². The molecule has 3 aromatic rings. The number of nitrogens with zero attached hydrogens (tertiary/aromatic N) is 4. The molecule has 9 heteroatoms. The van der Waals surface area contributed by atoms with Crippen LogP contribution in [0.4, 0.5) is 11.8 Å². The number of aromatic nitrogens is 5. The van der Waals surface area contributed by atoms with Gasteiger partial charge in [-0.05, 0) is 11.4 Å². The molecule has 0 bridgehead atoms. The van der Waals surface area contributed by atoms with Gasteiger partial charge >= 0.3 is 0 Å². The van der Waals surface area contributed by atoms with E-state index in [4.69, 9.17) is 17.3 Å². The zero-order valence-electron chi connectivity index (χ0n) is 10.2. The van der Waals surface area contributed by atoms with Gasteiger partial charge in [0, 0.05) is 6.07 Å². The number of H-pyrrole nitrogens is 1. The van der Waals surface area contributed by atoms with Crippen LogP contribution in [0.3, 0.4) is 0 Å². The number of rotatable bonds is 4. The summed E-state index contributed by atoms with van der Waals surface area (Å²) in [4.78, 5) is 13.2. The fourth-order valence-electron chi connectivity index (χ4n) is 1.59. The molecule has 0 atom stereocenters. The van der Waals surface area contributed by atoms with Crippen molar-refractivity contribution >= 4 is 34.7 Å². The molecule has 0 saturated carbocycles. The summed E-state index contributed by atoms with van der Waals surface area (Å²) in [5, 5.41) is 12.4. The lowest BCUT2D eigenvalue weighted by Gasteiger charge is -2.03. The van der Waals surface area contributed by atoms with E-state index in [1.54, 1.807) is 17.4 Å². The largest absolute Gasteiger partial charge is 0.368 e. The molecule has 4 N–H and O–H groups in total. The fourth-order valence-corrected chi connectivity index (χ4v) is 2.44. The van der Waals surface area contributed by atoms with Gasteiger partial charge in [0.1, 0.15) is 16.8 Å². The zero-order valence-corrected chi connectivity index (χ0v) is 11.7. The molecule has 7 nitrogen and oxygen atoms in total. The molecule has 102 valence electrons. The molecule has 0 aromatic carbocycles. The van der Waals surface area contributed by atoms with Crippen LogP contribution < -0.4 is 11.1 Å². The number of thiophene rings is 1. The maximum Gasteiger partial charge on any atom is 0.223 e. The summed E-state index contributed by atoms with van der Waals surface area (Å²) in [7, 11) is 0. The summed E-state index contributed by atoms with van der Waals surface area (Å²) in [5.74, 6) is 2.03. The Balaban J connectivity index is 1.69. The summed E-state index contributed by atoms with van der Waals surface area (Å²) in [6, 6.07) is 5.52. The highest BCUT2D eigenvalue weighted by Gasteiger charge is 2.07. The molecule has 0 aliphatic rings. The maximum absolute atomic E-state index is 5.80. The zero-order chi connectivity index (χ0) is 13.9. The maximum atomic E-state index is 5.80. The third-order valence-corrected chi connectivity index (χ3v) is 3.48. The topological polar surface area (TPSA) is 105 Å². The van der Waals surface area contributed by atoms with Crippen molar-refractivity contribution in [3.63, 3.8) is 0 Å². The van der Waals surface area contributed by atoms with Crippen LogP contribution in [0.25, 0.3) is 10.7 Å². The quantitative estimate of drug-likeness (QED) is 0.638. The molecule has 0 aliphatic heterocycles. The average molecular weight is 308 g/mol. The summed E-state index contributed by atoms with van der Waals surface area (Å²) >= 11 is 7.39. The van der Waals surface area contributed by atoms with E-state index < -0.39 is 0 Å². The van der Waals surface area contributed by atoms with Crippen LogP contribution in [0.1, 0.15) is 5.82 Å². The van der Waals surface area contributed by atoms with Crippen molar-refractivity contribution in [2.75, 3.05) is 11.1 Å². The standard InChI is InChI=1S/C11H10ClN7S/c12-7-4-8(17-11(13)15-7)14-5-9-16-10(19-18-9)6-2-1-3-20-6/h1-4H,5H2,(H,16,18,19)(H3,13,14,15,17). The normalized spacial score (nSPS) is 10.7. The Hall–Kier alpha value is -2.19. The van der Waals surface area contributed by atoms with Gasteiger partial charge in [-0.15, -0.1) is 11.3 Å². The van der Waals surface area contributed by atoms with Gasteiger partial charge in [0.15, 0.2) is 5.82 Å². The monoisotopic (exact) mass is 307 g/mol. The lowest BCUT2D eigenvalue weighted by Crippen LogP contribution is -2.05. The van der Waals surface area contributed by atoms with Crippen molar-refractivity contribution in [1.29, 1.82) is 0 Å². The van der Waals surface area contributed by atoms with Gasteiger partial charge in [-0.2, -0.15) is 10.1 Å². The summed E-state index contributed by atoms with van der Waals surface area (Å²) < 4.78 is 0. The first-order chi connectivity index (χ1) is 9.70. The van der Waals surface area contributed by atoms with Crippen molar-refractivity contribution in [2.24, 2.45) is 0 Å². The second kappa shape index (κ2) is 5.43. The van der Waals surface area contributed by atoms with Gasteiger partial charge in [0.05, 0.1) is 11.4 Å². The second-order valence-corrected chi connectivity index (χ2v) is 5.21. The van der Waals surface area contributed by atoms with Crippen LogP contribution in [-0.4, -0.2) is 25.1 Å². The predicted octanol–water partition coefficient (Wildman–Crippen LogP) is 2.17. The number of halogens is 1. The predicted molar refractivity (Wildman–Crippen MR) is 78.5 cm³/mol. The molecule has 0 aliphatic carbocycles. The van der Waals surface area contributed by atoms with Gasteiger partial charge < -0.3 is 11.1 Å². The molecule has 3 heterocycles. The van der Waals surface area contributed by atoms with Crippen molar-refractivity contribution in [1.82, 2.24) is 25.1 Å². The molecule has 20 heavy (non-hydrogen) atoms. The van der Waals surface area contributed by atoms with Gasteiger partial charge in [-0.25, -0.2) is 9.97 Å². The molecule has 0 fully saturated rings. The molecule has 3 aromatic heterocycles. The first kappa shape index (κ1) is 12.8. The van der Waals surface area contributed by atoms with Crippen molar-refractivity contribution in [3.05, 3.63) is 34.6 Å². The van der Waals surface area contributed by atoms with E-state index in [1.165, 1.54) is 0 Å². The second-order valence-electron chi connectivity index (χ2n) is 3.87. The first-order valence-corrected chi connectivity index (χ1v) is 6.95. The van der Waals surface area contributed by atoms with Crippen LogP contribution in [0.2, 0.25) is 5.15 Å². The Morgan fingerprint density at radius 3 is 3.00 bits per heavy atom. The number of nitrogens with one attached hydrogen (secondary N) is 2. The molecule has 0 radical (unpaired) electrons. The Labute approximate surface area is 123 Å². The number of anilines is 2. The van der Waals surface area contributed by atoms with E-state index in [0.717, 1.165) is 4.88 Å². The smallest absolute Gasteiger partial charge is 0.223 e. The van der Waals surface area contributed by atoms with Gasteiger partial charge in [-0.1, -0.05) is 17.7 Å². The van der Waals surface area contributed by atoms with E-state index in [9.17, 15) is 0 Å². The highest BCUT2D eigenvalue weighted by molar-refractivity contribution is 7.13. The number of hydrogen-bond acceptors (Lipinski definition) is 7. The SMILES string of the molecule is Nc1nc(Cl)cc(NCc2nc(-c3cccs3)n[nH]2)n1. The van der Waals surface area contributed by atoms with Crippen LogP contribution >= 0.6 is 22.9 Å². The van der Waals surface area contributed by atoms with E-state index in [2.05, 4.69) is 30.5 Å². The Kier molecular flexibility index (Phi) is 3.48. The summed E-state index contributed by atoms with van der Waals surface area (Å²) in [6.45, 7) is 0.436. The lowest BCUT2D eigenvalue weighted by atomic mass is 10.4. The number of nitrogens with two attached hydrogens (primary N) is 1. The first-order valence-electron chi connectivity index (χ1n) is 5.70. The van der Waals surface area contributed by atoms with Crippen LogP contribution in [-0.2, 0) is 6.54 Å². The number of hydrogen-bond donors (Lipinski definition) is 3. The minimum Gasteiger partial charge on any atom is -0.368 e. The Morgan fingerprint density at radius 1 is 1.35 bits per heavy atom. The van der Waals surface area contributed by atoms with Gasteiger partial charge in [0.2, 0.25) is 5.95 Å². The Morgan fingerprint density at radius 2 is 2.25 bits per heavy atom. The molecular formula is C11H10ClN7S. The number of aromatic amines is 1. The molecule has 0 saturated heterocycles. The molecule has 0 amide bonds. The van der Waals surface area contributed by atoms with Gasteiger partial charge in [-0.3, -0.25) is 5.10 Å². The Bertz CT molecular complexity index is 689. The van der Waals surface area contributed by atoms with Crippen molar-refractivity contribution < 1.29 is 0 Å². The summed E-state index contributed by atoms with van der Waals surface area (Å²) in [5.41, 5.74) is 5.52. The van der Waals surface area contributed by atoms with Crippen LogP contribution in [0, 0.1) is 0 Å². The highest BCUT2D eigenvalue weighted by Crippen LogP contribution is 2.20. The molecular weight excluding hydrogens is 298 g/mol. The average Bonchev–Trinajstić information content (AvgIpc) is 3.06. The van der Waals surface area contributed by atoms with E-state index in [1.807, 2.05) is 17.5 Å². The fraction of sp³-hybridized carbons (Fsp3) is 0.0909. The molecule has 3 rings (SSSR count). The van der Waals surface area contributed by atoms with Crippen molar-refractivity contribution in [2.45, 2.75) is 6.54 Å². The number of nitrogen functional groups attached to an aromatic ring is 1. The molecule has 0 unspecified atom stereocenters. The van der Waals surface area contributed by atoms with E-state index in [0.29, 0.717) is 24.0 Å².